The first kappa shape index (κ1) is 12.9. The number of rotatable bonds is 4. The number of fused-ring (bicyclic) bond motifs is 1. The molecule has 2 unspecified atom stereocenters. The fraction of sp³-hybridized carbons (Fsp3) is 0.333. The van der Waals surface area contributed by atoms with Gasteiger partial charge in [-0.05, 0) is 19.4 Å². The van der Waals surface area contributed by atoms with E-state index in [-0.39, 0.29) is 5.92 Å². The van der Waals surface area contributed by atoms with Crippen LogP contribution in [0, 0.1) is 0 Å². The maximum Gasteiger partial charge on any atom is 0.232 e. The minimum atomic E-state index is -0.519. The number of benzene rings is 1. The Morgan fingerprint density at radius 2 is 2.10 bits per heavy atom. The number of para-hydroxylation sites is 1. The van der Waals surface area contributed by atoms with Gasteiger partial charge in [-0.2, -0.15) is 4.98 Å². The molecule has 2 aromatic heterocycles. The molecule has 3 rings (SSSR count). The van der Waals surface area contributed by atoms with Crippen molar-refractivity contribution in [3.8, 4) is 11.4 Å². The Hall–Kier alpha value is -2.14. The van der Waals surface area contributed by atoms with Crippen LogP contribution in [0.25, 0.3) is 22.4 Å². The van der Waals surface area contributed by atoms with Crippen LogP contribution in [0.4, 0.5) is 0 Å². The zero-order valence-electron chi connectivity index (χ0n) is 11.4. The second-order valence-corrected chi connectivity index (χ2v) is 4.86. The molecular formula is C15H16N2O3. The van der Waals surface area contributed by atoms with E-state index in [1.165, 1.54) is 0 Å². The van der Waals surface area contributed by atoms with Crippen LogP contribution < -0.4 is 0 Å². The average Bonchev–Trinajstić information content (AvgIpc) is 3.05. The number of hydrogen-bond acceptors (Lipinski definition) is 5. The van der Waals surface area contributed by atoms with Gasteiger partial charge < -0.3 is 14.0 Å². The average molecular weight is 272 g/mol. The number of aliphatic hydroxyl groups excluding tert-OH is 1. The molecule has 104 valence electrons. The molecule has 0 fully saturated rings. The molecule has 5 heteroatoms. The summed E-state index contributed by atoms with van der Waals surface area (Å²) in [6, 6.07) is 7.70. The number of aromatic nitrogens is 2. The van der Waals surface area contributed by atoms with Crippen LogP contribution >= 0.6 is 0 Å². The first-order valence-corrected chi connectivity index (χ1v) is 6.69. The van der Waals surface area contributed by atoms with E-state index in [0.717, 1.165) is 23.0 Å². The van der Waals surface area contributed by atoms with Gasteiger partial charge in [-0.15, -0.1) is 0 Å². The van der Waals surface area contributed by atoms with Crippen LogP contribution in [0.2, 0.25) is 0 Å². The lowest BCUT2D eigenvalue weighted by Gasteiger charge is -2.12. The van der Waals surface area contributed by atoms with Crippen LogP contribution in [0.3, 0.4) is 0 Å². The first-order valence-electron chi connectivity index (χ1n) is 6.69. The van der Waals surface area contributed by atoms with Crippen molar-refractivity contribution in [2.24, 2.45) is 0 Å². The lowest BCUT2D eigenvalue weighted by molar-refractivity contribution is 0.141. The molecule has 0 saturated heterocycles. The molecule has 20 heavy (non-hydrogen) atoms. The fourth-order valence-electron chi connectivity index (χ4n) is 2.37. The Kier molecular flexibility index (Phi) is 3.28. The normalized spacial score (nSPS) is 14.6. The van der Waals surface area contributed by atoms with Crippen molar-refractivity contribution in [3.05, 3.63) is 36.4 Å². The first-order chi connectivity index (χ1) is 9.70. The monoisotopic (exact) mass is 272 g/mol. The van der Waals surface area contributed by atoms with Crippen LogP contribution in [-0.4, -0.2) is 21.4 Å². The molecule has 0 aliphatic heterocycles. The third-order valence-electron chi connectivity index (χ3n) is 3.50. The highest BCUT2D eigenvalue weighted by Crippen LogP contribution is 2.30. The lowest BCUT2D eigenvalue weighted by Crippen LogP contribution is -2.13. The van der Waals surface area contributed by atoms with E-state index in [4.69, 9.17) is 8.94 Å². The van der Waals surface area contributed by atoms with Gasteiger partial charge in [0.2, 0.25) is 11.7 Å². The minimum Gasteiger partial charge on any atom is -0.464 e. The van der Waals surface area contributed by atoms with E-state index >= 15 is 0 Å². The van der Waals surface area contributed by atoms with Crippen LogP contribution in [-0.2, 0) is 0 Å². The SMILES string of the molecule is CCC(c1nc(-c2coc3ccccc23)no1)C(C)O. The van der Waals surface area contributed by atoms with Crippen molar-refractivity contribution in [2.45, 2.75) is 32.3 Å². The van der Waals surface area contributed by atoms with Crippen LogP contribution in [0.15, 0.2) is 39.5 Å². The summed E-state index contributed by atoms with van der Waals surface area (Å²) in [5, 5.41) is 14.7. The third-order valence-corrected chi connectivity index (χ3v) is 3.50. The molecule has 0 amide bonds. The van der Waals surface area contributed by atoms with E-state index in [0.29, 0.717) is 11.7 Å². The van der Waals surface area contributed by atoms with Gasteiger partial charge in [0.05, 0.1) is 17.6 Å². The molecule has 0 saturated carbocycles. The molecule has 0 aliphatic rings. The minimum absolute atomic E-state index is 0.144. The van der Waals surface area contributed by atoms with Crippen LogP contribution in [0.5, 0.6) is 0 Å². The predicted octanol–water partition coefficient (Wildman–Crippen LogP) is 3.36. The molecule has 0 spiro atoms. The van der Waals surface area contributed by atoms with E-state index in [1.54, 1.807) is 13.2 Å². The van der Waals surface area contributed by atoms with Gasteiger partial charge in [-0.1, -0.05) is 30.3 Å². The molecule has 0 bridgehead atoms. The zero-order valence-corrected chi connectivity index (χ0v) is 11.4. The van der Waals surface area contributed by atoms with Crippen molar-refractivity contribution in [1.82, 2.24) is 10.1 Å². The van der Waals surface area contributed by atoms with Gasteiger partial charge in [-0.3, -0.25) is 0 Å². The molecular weight excluding hydrogens is 256 g/mol. The van der Waals surface area contributed by atoms with Gasteiger partial charge >= 0.3 is 0 Å². The molecule has 1 aromatic carbocycles. The molecule has 2 atom stereocenters. The Balaban J connectivity index is 2.01. The highest BCUT2D eigenvalue weighted by atomic mass is 16.5. The highest BCUT2D eigenvalue weighted by Gasteiger charge is 2.23. The molecule has 0 aliphatic carbocycles. The lowest BCUT2D eigenvalue weighted by atomic mass is 10.0. The second-order valence-electron chi connectivity index (χ2n) is 4.86. The van der Waals surface area contributed by atoms with Crippen molar-refractivity contribution in [2.75, 3.05) is 0 Å². The predicted molar refractivity (Wildman–Crippen MR) is 74.2 cm³/mol. The maximum absolute atomic E-state index is 9.73. The summed E-state index contributed by atoms with van der Waals surface area (Å²) < 4.78 is 10.8. The molecule has 2 heterocycles. The molecule has 1 N–H and O–H groups in total. The summed E-state index contributed by atoms with van der Waals surface area (Å²) in [6.07, 6.45) is 1.85. The van der Waals surface area contributed by atoms with E-state index in [2.05, 4.69) is 10.1 Å². The van der Waals surface area contributed by atoms with Crippen molar-refractivity contribution >= 4 is 11.0 Å². The Morgan fingerprint density at radius 1 is 1.30 bits per heavy atom. The largest absolute Gasteiger partial charge is 0.464 e. The Bertz CT molecular complexity index is 715. The summed E-state index contributed by atoms with van der Waals surface area (Å²) in [5.41, 5.74) is 1.59. The number of aliphatic hydroxyl groups is 1. The Labute approximate surface area is 116 Å². The van der Waals surface area contributed by atoms with Crippen molar-refractivity contribution < 1.29 is 14.0 Å². The third kappa shape index (κ3) is 2.10. The summed E-state index contributed by atoms with van der Waals surface area (Å²) in [4.78, 5) is 4.40. The molecule has 0 radical (unpaired) electrons. The fourth-order valence-corrected chi connectivity index (χ4v) is 2.37. The van der Waals surface area contributed by atoms with Gasteiger partial charge in [0.15, 0.2) is 0 Å². The smallest absolute Gasteiger partial charge is 0.232 e. The number of hydrogen-bond donors (Lipinski definition) is 1. The van der Waals surface area contributed by atoms with Gasteiger partial charge in [-0.25, -0.2) is 0 Å². The summed E-state index contributed by atoms with van der Waals surface area (Å²) in [7, 11) is 0. The zero-order chi connectivity index (χ0) is 14.1. The topological polar surface area (TPSA) is 72.3 Å². The van der Waals surface area contributed by atoms with Crippen molar-refractivity contribution in [1.29, 1.82) is 0 Å². The summed E-state index contributed by atoms with van der Waals surface area (Å²) in [6.45, 7) is 3.71. The highest BCUT2D eigenvalue weighted by molar-refractivity contribution is 5.91. The second kappa shape index (κ2) is 5.09. The summed E-state index contributed by atoms with van der Waals surface area (Å²) >= 11 is 0. The van der Waals surface area contributed by atoms with E-state index in [9.17, 15) is 5.11 Å². The quantitative estimate of drug-likeness (QED) is 0.788. The maximum atomic E-state index is 9.73. The van der Waals surface area contributed by atoms with E-state index in [1.807, 2.05) is 31.2 Å². The molecule has 3 aromatic rings. The van der Waals surface area contributed by atoms with Crippen molar-refractivity contribution in [3.63, 3.8) is 0 Å². The van der Waals surface area contributed by atoms with Crippen LogP contribution in [0.1, 0.15) is 32.1 Å². The molecule has 5 nitrogen and oxygen atoms in total. The van der Waals surface area contributed by atoms with E-state index < -0.39 is 6.10 Å². The van der Waals surface area contributed by atoms with Gasteiger partial charge in [0.25, 0.3) is 0 Å². The van der Waals surface area contributed by atoms with Gasteiger partial charge in [0, 0.05) is 5.39 Å². The Morgan fingerprint density at radius 3 is 2.85 bits per heavy atom. The number of furan rings is 1. The van der Waals surface area contributed by atoms with Gasteiger partial charge in [0.1, 0.15) is 11.8 Å². The number of nitrogens with zero attached hydrogens (tertiary/aromatic N) is 2. The standard InChI is InChI=1S/C15H16N2O3/c1-3-10(9(2)18)15-16-14(17-20-15)12-8-19-13-7-5-4-6-11(12)13/h4-10,18H,3H2,1-2H3. The summed E-state index contributed by atoms with van der Waals surface area (Å²) in [5.74, 6) is 0.807.